The smallest absolute Gasteiger partial charge is 0.390 e. The van der Waals surface area contributed by atoms with Crippen molar-refractivity contribution >= 4 is 5.91 Å². The van der Waals surface area contributed by atoms with Crippen LogP contribution < -0.4 is 5.32 Å². The zero-order valence-corrected chi connectivity index (χ0v) is 10.2. The Balaban J connectivity index is 2.63. The van der Waals surface area contributed by atoms with Crippen LogP contribution in [0.4, 0.5) is 22.0 Å². The second kappa shape index (κ2) is 6.17. The molecule has 0 heterocycles. The number of amides is 1. The fourth-order valence-electron chi connectivity index (χ4n) is 1.39. The van der Waals surface area contributed by atoms with E-state index < -0.39 is 43.1 Å². The van der Waals surface area contributed by atoms with Crippen LogP contribution in [0.2, 0.25) is 0 Å². The summed E-state index contributed by atoms with van der Waals surface area (Å²) in [6.45, 7) is -2.49. The van der Waals surface area contributed by atoms with Crippen LogP contribution in [0.15, 0.2) is 24.3 Å². The lowest BCUT2D eigenvalue weighted by Crippen LogP contribution is -2.39. The van der Waals surface area contributed by atoms with Gasteiger partial charge in [0.2, 0.25) is 5.91 Å². The Morgan fingerprint density at radius 3 is 2.40 bits per heavy atom. The molecule has 112 valence electrons. The van der Waals surface area contributed by atoms with Crippen LogP contribution in [0.5, 0.6) is 0 Å². The van der Waals surface area contributed by atoms with Gasteiger partial charge in [-0.3, -0.25) is 4.79 Å². The second-order valence-corrected chi connectivity index (χ2v) is 4.17. The highest BCUT2D eigenvalue weighted by atomic mass is 19.4. The molecular weight excluding hydrogens is 285 g/mol. The van der Waals surface area contributed by atoms with Gasteiger partial charge in [-0.15, -0.1) is 0 Å². The van der Waals surface area contributed by atoms with E-state index >= 15 is 0 Å². The number of carbonyl (C=O) groups is 1. The van der Waals surface area contributed by atoms with E-state index in [-0.39, 0.29) is 5.56 Å². The predicted octanol–water partition coefficient (Wildman–Crippen LogP) is 1.99. The molecule has 2 N–H and O–H groups in total. The molecule has 0 fully saturated rings. The number of benzene rings is 1. The van der Waals surface area contributed by atoms with Crippen LogP contribution in [0.3, 0.4) is 0 Å². The molecule has 1 amide bonds. The summed E-state index contributed by atoms with van der Waals surface area (Å²) in [6.07, 6.45) is -4.98. The van der Waals surface area contributed by atoms with Crippen molar-refractivity contribution in [2.24, 2.45) is 0 Å². The Hall–Kier alpha value is -1.70. The highest BCUT2D eigenvalue weighted by Gasteiger charge is 2.31. The van der Waals surface area contributed by atoms with E-state index in [1.807, 2.05) is 5.32 Å². The van der Waals surface area contributed by atoms with E-state index in [0.29, 0.717) is 0 Å². The fraction of sp³-hybridized carbons (Fsp3) is 0.417. The summed E-state index contributed by atoms with van der Waals surface area (Å²) in [6, 6.07) is 4.05. The Bertz CT molecular complexity index is 473. The molecule has 0 saturated carbocycles. The Morgan fingerprint density at radius 1 is 1.20 bits per heavy atom. The molecule has 8 heteroatoms. The monoisotopic (exact) mass is 297 g/mol. The molecule has 0 spiro atoms. The number of hydrogen-bond donors (Lipinski definition) is 2. The van der Waals surface area contributed by atoms with Gasteiger partial charge in [0.05, 0.1) is 18.5 Å². The first-order chi connectivity index (χ1) is 9.14. The van der Waals surface area contributed by atoms with Crippen molar-refractivity contribution in [3.8, 4) is 0 Å². The Morgan fingerprint density at radius 2 is 1.85 bits per heavy atom. The van der Waals surface area contributed by atoms with E-state index in [2.05, 4.69) is 0 Å². The summed E-state index contributed by atoms with van der Waals surface area (Å²) in [5, 5.41) is 10.1. The molecular formula is C12H12F5NO2. The zero-order chi connectivity index (χ0) is 15.4. The van der Waals surface area contributed by atoms with Crippen LogP contribution in [-0.2, 0) is 17.4 Å². The number of aliphatic hydroxyl groups is 1. The number of carbonyl (C=O) groups excluding carboxylic acids is 1. The van der Waals surface area contributed by atoms with Gasteiger partial charge in [-0.2, -0.15) is 13.2 Å². The summed E-state index contributed by atoms with van der Waals surface area (Å²) in [5.74, 6) is -4.30. The molecule has 20 heavy (non-hydrogen) atoms. The first-order valence-electron chi connectivity index (χ1n) is 5.55. The van der Waals surface area contributed by atoms with Crippen molar-refractivity contribution in [2.75, 3.05) is 13.2 Å². The van der Waals surface area contributed by atoms with Gasteiger partial charge < -0.3 is 10.4 Å². The molecule has 0 bridgehead atoms. The molecule has 0 aliphatic carbocycles. The average Bonchev–Trinajstić information content (AvgIpc) is 2.36. The average molecular weight is 297 g/mol. The van der Waals surface area contributed by atoms with Gasteiger partial charge in [0.15, 0.2) is 0 Å². The number of nitrogens with one attached hydrogen (secondary N) is 1. The number of hydrogen-bond acceptors (Lipinski definition) is 2. The normalized spacial score (nSPS) is 12.3. The van der Waals surface area contributed by atoms with E-state index in [0.717, 1.165) is 18.2 Å². The predicted molar refractivity (Wildman–Crippen MR) is 60.2 cm³/mol. The molecule has 0 radical (unpaired) electrons. The maximum atomic E-state index is 12.7. The molecule has 3 nitrogen and oxygen atoms in total. The van der Waals surface area contributed by atoms with Crippen LogP contribution >= 0.6 is 0 Å². The SMILES string of the molecule is O=C(Cc1cccc(C(F)(F)F)c1)NCC(F)(F)CO. The van der Waals surface area contributed by atoms with Crippen molar-refractivity contribution in [2.45, 2.75) is 18.5 Å². The third kappa shape index (κ3) is 5.12. The van der Waals surface area contributed by atoms with Gasteiger partial charge in [0, 0.05) is 0 Å². The van der Waals surface area contributed by atoms with Crippen molar-refractivity contribution in [1.29, 1.82) is 0 Å². The standard InChI is InChI=1S/C12H12F5NO2/c13-11(14,7-19)6-18-10(20)5-8-2-1-3-9(4-8)12(15,16)17/h1-4,19H,5-7H2,(H,18,20). The molecule has 1 rings (SSSR count). The lowest BCUT2D eigenvalue weighted by molar-refractivity contribution is -0.137. The zero-order valence-electron chi connectivity index (χ0n) is 10.2. The lowest BCUT2D eigenvalue weighted by Gasteiger charge is -2.14. The number of rotatable bonds is 5. The van der Waals surface area contributed by atoms with Crippen molar-refractivity contribution in [3.05, 3.63) is 35.4 Å². The lowest BCUT2D eigenvalue weighted by atomic mass is 10.1. The maximum absolute atomic E-state index is 12.7. The van der Waals surface area contributed by atoms with Crippen LogP contribution in [0.25, 0.3) is 0 Å². The molecule has 0 aromatic heterocycles. The molecule has 1 aromatic rings. The third-order valence-electron chi connectivity index (χ3n) is 2.39. The van der Waals surface area contributed by atoms with E-state index in [9.17, 15) is 26.7 Å². The highest BCUT2D eigenvalue weighted by Crippen LogP contribution is 2.29. The first kappa shape index (κ1) is 16.4. The summed E-state index contributed by atoms with van der Waals surface area (Å²) in [5.41, 5.74) is -0.854. The highest BCUT2D eigenvalue weighted by molar-refractivity contribution is 5.78. The molecule has 0 aliphatic heterocycles. The maximum Gasteiger partial charge on any atom is 0.416 e. The van der Waals surface area contributed by atoms with Crippen molar-refractivity contribution in [3.63, 3.8) is 0 Å². The fourth-order valence-corrected chi connectivity index (χ4v) is 1.39. The third-order valence-corrected chi connectivity index (χ3v) is 2.39. The van der Waals surface area contributed by atoms with Gasteiger partial charge in [-0.05, 0) is 11.6 Å². The van der Waals surface area contributed by atoms with Crippen molar-refractivity contribution < 1.29 is 31.9 Å². The molecule has 0 aliphatic rings. The summed E-state index contributed by atoms with van der Waals surface area (Å²) < 4.78 is 62.6. The quantitative estimate of drug-likeness (QED) is 0.817. The molecule has 1 aromatic carbocycles. The van der Waals surface area contributed by atoms with E-state index in [4.69, 9.17) is 5.11 Å². The molecule has 0 atom stereocenters. The van der Waals surface area contributed by atoms with Crippen LogP contribution in [0.1, 0.15) is 11.1 Å². The number of halogens is 5. The Labute approximate surface area is 111 Å². The number of alkyl halides is 5. The minimum Gasteiger partial charge on any atom is -0.390 e. The topological polar surface area (TPSA) is 49.3 Å². The summed E-state index contributed by atoms with van der Waals surface area (Å²) >= 11 is 0. The van der Waals surface area contributed by atoms with Crippen LogP contribution in [0, 0.1) is 0 Å². The summed E-state index contributed by atoms with van der Waals surface area (Å²) in [7, 11) is 0. The van der Waals surface area contributed by atoms with Crippen molar-refractivity contribution in [1.82, 2.24) is 5.32 Å². The van der Waals surface area contributed by atoms with E-state index in [1.54, 1.807) is 0 Å². The van der Waals surface area contributed by atoms with Gasteiger partial charge in [-0.1, -0.05) is 18.2 Å². The first-order valence-corrected chi connectivity index (χ1v) is 5.55. The summed E-state index contributed by atoms with van der Waals surface area (Å²) in [4.78, 5) is 11.3. The second-order valence-electron chi connectivity index (χ2n) is 4.17. The van der Waals surface area contributed by atoms with Gasteiger partial charge in [0.1, 0.15) is 6.61 Å². The van der Waals surface area contributed by atoms with Gasteiger partial charge >= 0.3 is 6.18 Å². The molecule has 0 unspecified atom stereocenters. The number of aliphatic hydroxyl groups excluding tert-OH is 1. The van der Waals surface area contributed by atoms with Crippen LogP contribution in [-0.4, -0.2) is 30.1 Å². The van der Waals surface area contributed by atoms with Gasteiger partial charge in [-0.25, -0.2) is 8.78 Å². The largest absolute Gasteiger partial charge is 0.416 e. The molecule has 0 saturated heterocycles. The van der Waals surface area contributed by atoms with Gasteiger partial charge in [0.25, 0.3) is 5.92 Å². The minimum absolute atomic E-state index is 0.0599. The Kier molecular flexibility index (Phi) is 5.04. The van der Waals surface area contributed by atoms with E-state index in [1.165, 1.54) is 6.07 Å². The minimum atomic E-state index is -4.53.